The van der Waals surface area contributed by atoms with E-state index in [2.05, 4.69) is 20.5 Å². The maximum Gasteiger partial charge on any atom is 0.338 e. The van der Waals surface area contributed by atoms with Crippen molar-refractivity contribution in [3.8, 4) is 5.75 Å². The minimum absolute atomic E-state index is 0.327. The molecule has 5 rings (SSSR count). The van der Waals surface area contributed by atoms with E-state index in [0.29, 0.717) is 30.2 Å². The highest BCUT2D eigenvalue weighted by Gasteiger charge is 2.07. The van der Waals surface area contributed by atoms with Gasteiger partial charge >= 0.3 is 5.97 Å². The van der Waals surface area contributed by atoms with Gasteiger partial charge < -0.3 is 9.47 Å². The number of carbonyl (C=O) groups is 1. The van der Waals surface area contributed by atoms with Crippen LogP contribution in [0, 0.1) is 0 Å². The lowest BCUT2D eigenvalue weighted by Crippen LogP contribution is -2.04. The van der Waals surface area contributed by atoms with Gasteiger partial charge in [-0.25, -0.2) is 4.79 Å². The molecule has 0 heterocycles. The van der Waals surface area contributed by atoms with E-state index >= 15 is 0 Å². The van der Waals surface area contributed by atoms with Crippen molar-refractivity contribution < 1.29 is 14.3 Å². The fourth-order valence-corrected chi connectivity index (χ4v) is 3.89. The number of esters is 1. The summed E-state index contributed by atoms with van der Waals surface area (Å²) >= 11 is 0. The lowest BCUT2D eigenvalue weighted by Gasteiger charge is -2.07. The van der Waals surface area contributed by atoms with E-state index in [1.165, 1.54) is 0 Å². The molecule has 0 N–H and O–H groups in total. The normalized spacial score (nSPS) is 11.3. The molecule has 0 spiro atoms. The van der Waals surface area contributed by atoms with E-state index < -0.39 is 0 Å². The topological polar surface area (TPSA) is 85.0 Å². The molecule has 7 nitrogen and oxygen atoms in total. The quantitative estimate of drug-likeness (QED) is 0.145. The average molecular weight is 515 g/mol. The summed E-state index contributed by atoms with van der Waals surface area (Å²) in [5, 5.41) is 19.6. The molecule has 5 aromatic carbocycles. The summed E-state index contributed by atoms with van der Waals surface area (Å²) in [6, 6.07) is 36.0. The molecule has 0 radical (unpaired) electrons. The highest BCUT2D eigenvalue weighted by atomic mass is 16.5. The molecule has 192 valence electrons. The number of fused-ring (bicyclic) bond motifs is 1. The van der Waals surface area contributed by atoms with Crippen molar-refractivity contribution in [1.29, 1.82) is 0 Å². The predicted molar refractivity (Wildman–Crippen MR) is 152 cm³/mol. The Morgan fingerprint density at radius 1 is 0.615 bits per heavy atom. The monoisotopic (exact) mass is 514 g/mol. The van der Waals surface area contributed by atoms with Crippen molar-refractivity contribution in [3.63, 3.8) is 0 Å². The lowest BCUT2D eigenvalue weighted by molar-refractivity contribution is 0.0526. The fourth-order valence-electron chi connectivity index (χ4n) is 3.89. The Bertz CT molecular complexity index is 1610. The molecule has 0 bridgehead atoms. The molecule has 0 aliphatic carbocycles. The molecule has 7 heteroatoms. The van der Waals surface area contributed by atoms with Crippen LogP contribution >= 0.6 is 0 Å². The third-order valence-electron chi connectivity index (χ3n) is 5.89. The van der Waals surface area contributed by atoms with Gasteiger partial charge in [-0.1, -0.05) is 54.6 Å². The summed E-state index contributed by atoms with van der Waals surface area (Å²) in [7, 11) is 0. The van der Waals surface area contributed by atoms with E-state index in [1.54, 1.807) is 19.1 Å². The summed E-state index contributed by atoms with van der Waals surface area (Å²) in [5.74, 6) is 0.384. The Morgan fingerprint density at radius 3 is 1.77 bits per heavy atom. The molecule has 0 aromatic heterocycles. The molecule has 0 amide bonds. The first-order valence-electron chi connectivity index (χ1n) is 12.6. The Kier molecular flexibility index (Phi) is 8.09. The molecule has 0 saturated carbocycles. The van der Waals surface area contributed by atoms with Crippen LogP contribution in [0.5, 0.6) is 5.75 Å². The van der Waals surface area contributed by atoms with Crippen molar-refractivity contribution in [2.75, 3.05) is 6.61 Å². The highest BCUT2D eigenvalue weighted by molar-refractivity contribution is 5.99. The first-order valence-corrected chi connectivity index (χ1v) is 12.6. The van der Waals surface area contributed by atoms with Crippen molar-refractivity contribution in [3.05, 3.63) is 126 Å². The van der Waals surface area contributed by atoms with Crippen molar-refractivity contribution in [1.82, 2.24) is 0 Å². The van der Waals surface area contributed by atoms with Crippen molar-refractivity contribution >= 4 is 39.5 Å². The minimum atomic E-state index is -0.327. The first kappa shape index (κ1) is 25.5. The van der Waals surface area contributed by atoms with Gasteiger partial charge in [-0.15, -0.1) is 10.2 Å². The van der Waals surface area contributed by atoms with Gasteiger partial charge in [0.25, 0.3) is 0 Å². The van der Waals surface area contributed by atoms with Gasteiger partial charge in [0.15, 0.2) is 0 Å². The van der Waals surface area contributed by atoms with Gasteiger partial charge in [0.1, 0.15) is 12.4 Å². The van der Waals surface area contributed by atoms with E-state index in [0.717, 1.165) is 33.4 Å². The zero-order valence-electron chi connectivity index (χ0n) is 21.4. The van der Waals surface area contributed by atoms with Crippen LogP contribution in [0.25, 0.3) is 10.8 Å². The van der Waals surface area contributed by atoms with Gasteiger partial charge in [-0.2, -0.15) is 10.2 Å². The van der Waals surface area contributed by atoms with Crippen molar-refractivity contribution in [2.45, 2.75) is 13.5 Å². The van der Waals surface area contributed by atoms with Crippen LogP contribution in [0.4, 0.5) is 22.7 Å². The maximum absolute atomic E-state index is 11.8. The summed E-state index contributed by atoms with van der Waals surface area (Å²) in [5.41, 5.74) is 4.49. The smallest absolute Gasteiger partial charge is 0.338 e. The Hall–Kier alpha value is -5.17. The van der Waals surface area contributed by atoms with Crippen LogP contribution in [0.1, 0.15) is 22.8 Å². The number of benzene rings is 5. The average Bonchev–Trinajstić information content (AvgIpc) is 2.99. The van der Waals surface area contributed by atoms with Gasteiger partial charge in [0.05, 0.1) is 34.9 Å². The summed E-state index contributed by atoms with van der Waals surface area (Å²) in [4.78, 5) is 11.8. The Labute approximate surface area is 226 Å². The number of azo groups is 2. The van der Waals surface area contributed by atoms with E-state index in [9.17, 15) is 4.79 Å². The van der Waals surface area contributed by atoms with Crippen molar-refractivity contribution in [2.24, 2.45) is 20.5 Å². The van der Waals surface area contributed by atoms with E-state index in [-0.39, 0.29) is 5.97 Å². The Balaban J connectivity index is 1.24. The number of carbonyl (C=O) groups excluding carboxylic acids is 1. The zero-order chi connectivity index (χ0) is 26.9. The molecule has 0 aliphatic rings. The third-order valence-corrected chi connectivity index (χ3v) is 5.89. The number of hydrogen-bond acceptors (Lipinski definition) is 7. The van der Waals surface area contributed by atoms with Crippen LogP contribution < -0.4 is 4.74 Å². The van der Waals surface area contributed by atoms with E-state index in [4.69, 9.17) is 9.47 Å². The molecule has 39 heavy (non-hydrogen) atoms. The molecule has 0 aliphatic heterocycles. The highest BCUT2D eigenvalue weighted by Crippen LogP contribution is 2.35. The summed E-state index contributed by atoms with van der Waals surface area (Å²) < 4.78 is 10.9. The number of ether oxygens (including phenoxy) is 2. The third kappa shape index (κ3) is 6.59. The number of hydrogen-bond donors (Lipinski definition) is 0. The second-order valence-electron chi connectivity index (χ2n) is 8.58. The lowest BCUT2D eigenvalue weighted by atomic mass is 10.1. The largest absolute Gasteiger partial charge is 0.489 e. The summed E-state index contributed by atoms with van der Waals surface area (Å²) in [6.45, 7) is 2.52. The van der Waals surface area contributed by atoms with Crippen LogP contribution in [0.2, 0.25) is 0 Å². The molecular weight excluding hydrogens is 488 g/mol. The van der Waals surface area contributed by atoms with Gasteiger partial charge in [-0.3, -0.25) is 0 Å². The molecule has 0 atom stereocenters. The molecule has 0 saturated heterocycles. The molecular formula is C32H26N4O3. The minimum Gasteiger partial charge on any atom is -0.489 e. The number of rotatable bonds is 9. The Morgan fingerprint density at radius 2 is 1.18 bits per heavy atom. The standard InChI is InChI=1S/C32H26N4O3/c1-2-38-32(37)24-14-12-23(13-15-24)22-39-27-18-16-26(17-19-27)34-36-31-21-20-30(28-10-6-7-11-29(28)31)35-33-25-8-4-3-5-9-25/h3-21H,2,22H2,1H3. The second kappa shape index (κ2) is 12.4. The molecule has 0 unspecified atom stereocenters. The zero-order valence-corrected chi connectivity index (χ0v) is 21.4. The first-order chi connectivity index (χ1) is 19.2. The van der Waals surface area contributed by atoms with Crippen LogP contribution in [-0.2, 0) is 11.3 Å². The molecule has 5 aromatic rings. The van der Waals surface area contributed by atoms with Gasteiger partial charge in [0, 0.05) is 10.8 Å². The number of nitrogens with zero attached hydrogens (tertiary/aromatic N) is 4. The molecule has 0 fully saturated rings. The van der Waals surface area contributed by atoms with Gasteiger partial charge in [-0.05, 0) is 73.2 Å². The van der Waals surface area contributed by atoms with Gasteiger partial charge in [0.2, 0.25) is 0 Å². The SMILES string of the molecule is CCOC(=O)c1ccc(COc2ccc(N=Nc3ccc(N=Nc4ccccc4)c4ccccc34)cc2)cc1. The predicted octanol–water partition coefficient (Wildman–Crippen LogP) is 9.43. The van der Waals surface area contributed by atoms with Crippen LogP contribution in [-0.4, -0.2) is 12.6 Å². The van der Waals surface area contributed by atoms with E-state index in [1.807, 2.05) is 103 Å². The van der Waals surface area contributed by atoms with Crippen LogP contribution in [0.15, 0.2) is 136 Å². The second-order valence-corrected chi connectivity index (χ2v) is 8.58. The maximum atomic E-state index is 11.8. The fraction of sp³-hybridized carbons (Fsp3) is 0.0938. The summed E-state index contributed by atoms with van der Waals surface area (Å²) in [6.07, 6.45) is 0. The van der Waals surface area contributed by atoms with Crippen LogP contribution in [0.3, 0.4) is 0 Å².